The number of hydrogen-bond donors (Lipinski definition) is 2. The van der Waals surface area contributed by atoms with Crippen LogP contribution in [0.4, 0.5) is 0 Å². The number of rotatable bonds is 5. The number of aryl methyl sites for hydroxylation is 1. The van der Waals surface area contributed by atoms with Gasteiger partial charge in [-0.15, -0.1) is 0 Å². The first-order valence-electron chi connectivity index (χ1n) is 7.30. The van der Waals surface area contributed by atoms with Gasteiger partial charge in [0.05, 0.1) is 12.7 Å². The van der Waals surface area contributed by atoms with Crippen LogP contribution in [-0.4, -0.2) is 23.1 Å². The molecular formula is C16H20N2O2S2. The van der Waals surface area contributed by atoms with Crippen LogP contribution in [0.1, 0.15) is 64.7 Å². The molecule has 1 aliphatic rings. The second kappa shape index (κ2) is 6.71. The van der Waals surface area contributed by atoms with Crippen molar-refractivity contribution in [3.05, 3.63) is 33.9 Å². The van der Waals surface area contributed by atoms with Crippen LogP contribution in [0.2, 0.25) is 0 Å². The fourth-order valence-corrected chi connectivity index (χ4v) is 3.35. The molecule has 4 N–H and O–H groups in total. The van der Waals surface area contributed by atoms with Gasteiger partial charge >= 0.3 is 5.97 Å². The quantitative estimate of drug-likeness (QED) is 0.635. The summed E-state index contributed by atoms with van der Waals surface area (Å²) in [5.41, 5.74) is 15.3. The Bertz CT molecular complexity index is 652. The van der Waals surface area contributed by atoms with Gasteiger partial charge < -0.3 is 16.2 Å². The zero-order chi connectivity index (χ0) is 16.4. The van der Waals surface area contributed by atoms with E-state index in [1.54, 1.807) is 0 Å². The van der Waals surface area contributed by atoms with Gasteiger partial charge in [0.1, 0.15) is 9.98 Å². The summed E-state index contributed by atoms with van der Waals surface area (Å²) in [6.07, 6.45) is 4.04. The van der Waals surface area contributed by atoms with Crippen LogP contribution in [0.5, 0.6) is 0 Å². The number of hydrogen-bond acceptors (Lipinski definition) is 4. The Morgan fingerprint density at radius 3 is 2.18 bits per heavy atom. The minimum Gasteiger partial charge on any atom is -0.465 e. The molecule has 0 aromatic heterocycles. The molecule has 118 valence electrons. The Kier molecular flexibility index (Phi) is 5.13. The van der Waals surface area contributed by atoms with E-state index in [0.717, 1.165) is 24.0 Å². The van der Waals surface area contributed by atoms with Crippen LogP contribution >= 0.6 is 24.4 Å². The summed E-state index contributed by atoms with van der Waals surface area (Å²) in [5, 5.41) is 0. The monoisotopic (exact) mass is 336 g/mol. The molecule has 0 amide bonds. The Morgan fingerprint density at radius 1 is 1.23 bits per heavy atom. The van der Waals surface area contributed by atoms with Crippen molar-refractivity contribution in [3.63, 3.8) is 0 Å². The van der Waals surface area contributed by atoms with E-state index in [9.17, 15) is 4.79 Å². The van der Waals surface area contributed by atoms with Gasteiger partial charge in [-0.3, -0.25) is 0 Å². The van der Waals surface area contributed by atoms with E-state index in [1.807, 2.05) is 13.0 Å². The summed E-state index contributed by atoms with van der Waals surface area (Å²) >= 11 is 10.4. The van der Waals surface area contributed by atoms with Gasteiger partial charge in [-0.1, -0.05) is 43.8 Å². The highest BCUT2D eigenvalue weighted by Gasteiger charge is 2.30. The minimum absolute atomic E-state index is 0.124. The van der Waals surface area contributed by atoms with E-state index < -0.39 is 5.97 Å². The SMILES string of the molecule is CCc1cc(C2CCC2)c(C(N)=S)c(C(N)=S)c1C(=O)OC. The molecule has 1 fully saturated rings. The van der Waals surface area contributed by atoms with Gasteiger partial charge in [-0.05, 0) is 36.3 Å². The number of ether oxygens (including phenoxy) is 1. The van der Waals surface area contributed by atoms with Crippen LogP contribution in [0, 0.1) is 0 Å². The lowest BCUT2D eigenvalue weighted by molar-refractivity contribution is 0.0599. The topological polar surface area (TPSA) is 78.3 Å². The lowest BCUT2D eigenvalue weighted by atomic mass is 9.75. The molecule has 0 bridgehead atoms. The maximum atomic E-state index is 12.2. The van der Waals surface area contributed by atoms with E-state index in [2.05, 4.69) is 0 Å². The molecule has 0 aliphatic heterocycles. The van der Waals surface area contributed by atoms with Crippen LogP contribution in [-0.2, 0) is 11.2 Å². The molecule has 6 heteroatoms. The van der Waals surface area contributed by atoms with Gasteiger partial charge in [0.15, 0.2) is 0 Å². The van der Waals surface area contributed by atoms with E-state index in [4.69, 9.17) is 40.6 Å². The van der Waals surface area contributed by atoms with E-state index >= 15 is 0 Å². The summed E-state index contributed by atoms with van der Waals surface area (Å²) in [6, 6.07) is 2.02. The molecule has 1 saturated carbocycles. The Hall–Kier alpha value is -1.53. The third-order valence-electron chi connectivity index (χ3n) is 4.25. The molecule has 1 aromatic carbocycles. The number of methoxy groups -OCH3 is 1. The molecule has 0 saturated heterocycles. The molecule has 4 nitrogen and oxygen atoms in total. The van der Waals surface area contributed by atoms with Crippen LogP contribution < -0.4 is 11.5 Å². The van der Waals surface area contributed by atoms with Crippen molar-refractivity contribution >= 4 is 40.4 Å². The molecule has 0 atom stereocenters. The van der Waals surface area contributed by atoms with Crippen molar-refractivity contribution < 1.29 is 9.53 Å². The smallest absolute Gasteiger partial charge is 0.338 e. The standard InChI is InChI=1S/C16H20N2O2S2/c1-3-8-7-10(9-5-4-6-9)12(14(17)21)13(15(18)22)11(8)16(19)20-2/h7,9H,3-6H2,1-2H3,(H2,17,21)(H2,18,22). The third kappa shape index (κ3) is 2.85. The molecule has 1 aromatic rings. The molecule has 0 radical (unpaired) electrons. The van der Waals surface area contributed by atoms with Crippen molar-refractivity contribution in [1.82, 2.24) is 0 Å². The lowest BCUT2D eigenvalue weighted by Gasteiger charge is -2.30. The highest BCUT2D eigenvalue weighted by molar-refractivity contribution is 7.81. The van der Waals surface area contributed by atoms with Gasteiger partial charge in [0.2, 0.25) is 0 Å². The van der Waals surface area contributed by atoms with E-state index in [1.165, 1.54) is 13.5 Å². The first-order chi connectivity index (χ1) is 10.4. The second-order valence-electron chi connectivity index (χ2n) is 5.45. The average molecular weight is 336 g/mol. The molecule has 0 spiro atoms. The predicted octanol–water partition coefficient (Wildman–Crippen LogP) is 2.57. The number of thiocarbonyl (C=S) groups is 2. The molecular weight excluding hydrogens is 316 g/mol. The summed E-state index contributed by atoms with van der Waals surface area (Å²) in [7, 11) is 1.34. The zero-order valence-electron chi connectivity index (χ0n) is 12.8. The number of carbonyl (C=O) groups is 1. The molecule has 0 unspecified atom stereocenters. The highest BCUT2D eigenvalue weighted by Crippen LogP contribution is 2.40. The van der Waals surface area contributed by atoms with E-state index in [-0.39, 0.29) is 9.98 Å². The van der Waals surface area contributed by atoms with Crippen LogP contribution in [0.25, 0.3) is 0 Å². The predicted molar refractivity (Wildman–Crippen MR) is 95.5 cm³/mol. The first kappa shape index (κ1) is 16.8. The Labute approximate surface area is 141 Å². The number of benzene rings is 1. The maximum Gasteiger partial charge on any atom is 0.338 e. The fraction of sp³-hybridized carbons (Fsp3) is 0.438. The average Bonchev–Trinajstić information content (AvgIpc) is 2.42. The number of carbonyl (C=O) groups excluding carboxylic acids is 1. The minimum atomic E-state index is -0.461. The third-order valence-corrected chi connectivity index (χ3v) is 4.66. The van der Waals surface area contributed by atoms with Crippen molar-refractivity contribution in [2.24, 2.45) is 11.5 Å². The number of nitrogens with two attached hydrogens (primary N) is 2. The van der Waals surface area contributed by atoms with Gasteiger partial charge in [0.25, 0.3) is 0 Å². The molecule has 1 aliphatic carbocycles. The first-order valence-corrected chi connectivity index (χ1v) is 8.11. The summed E-state index contributed by atoms with van der Waals surface area (Å²) in [4.78, 5) is 12.6. The molecule has 2 rings (SSSR count). The van der Waals surface area contributed by atoms with Crippen molar-refractivity contribution in [3.8, 4) is 0 Å². The van der Waals surface area contributed by atoms with Crippen molar-refractivity contribution in [2.45, 2.75) is 38.5 Å². The summed E-state index contributed by atoms with van der Waals surface area (Å²) < 4.78 is 4.91. The summed E-state index contributed by atoms with van der Waals surface area (Å²) in [6.45, 7) is 1.98. The van der Waals surface area contributed by atoms with Gasteiger partial charge in [-0.2, -0.15) is 0 Å². The Balaban J connectivity index is 2.84. The molecule has 0 heterocycles. The fourth-order valence-electron chi connectivity index (χ4n) is 2.93. The van der Waals surface area contributed by atoms with Crippen LogP contribution in [0.3, 0.4) is 0 Å². The Morgan fingerprint density at radius 2 is 1.82 bits per heavy atom. The van der Waals surface area contributed by atoms with Crippen LogP contribution in [0.15, 0.2) is 6.07 Å². The maximum absolute atomic E-state index is 12.2. The highest BCUT2D eigenvalue weighted by atomic mass is 32.1. The second-order valence-corrected chi connectivity index (χ2v) is 6.33. The van der Waals surface area contributed by atoms with Crippen molar-refractivity contribution in [2.75, 3.05) is 7.11 Å². The summed E-state index contributed by atoms with van der Waals surface area (Å²) in [5.74, 6) is -0.0566. The zero-order valence-corrected chi connectivity index (χ0v) is 14.4. The lowest BCUT2D eigenvalue weighted by Crippen LogP contribution is -2.28. The van der Waals surface area contributed by atoms with Crippen molar-refractivity contribution in [1.29, 1.82) is 0 Å². The molecule has 22 heavy (non-hydrogen) atoms. The largest absolute Gasteiger partial charge is 0.465 e. The van der Waals surface area contributed by atoms with Gasteiger partial charge in [0, 0.05) is 11.1 Å². The van der Waals surface area contributed by atoms with Gasteiger partial charge in [-0.25, -0.2) is 4.79 Å². The number of esters is 1. The normalized spacial score (nSPS) is 14.3. The van der Waals surface area contributed by atoms with E-state index in [0.29, 0.717) is 29.0 Å².